The van der Waals surface area contributed by atoms with Gasteiger partial charge in [-0.2, -0.15) is 0 Å². The molecule has 4 nitrogen and oxygen atoms in total. The van der Waals surface area contributed by atoms with E-state index < -0.39 is 18.2 Å². The Morgan fingerprint density at radius 1 is 1.57 bits per heavy atom. The smallest absolute Gasteiger partial charge is 0.303 e. The molecule has 0 saturated heterocycles. The van der Waals surface area contributed by atoms with Gasteiger partial charge in [-0.05, 0) is 12.8 Å². The SMILES string of the molecule is C#CC(CCC(O)COC)OC(C)=O. The van der Waals surface area contributed by atoms with Crippen molar-refractivity contribution in [2.24, 2.45) is 0 Å². The zero-order valence-corrected chi connectivity index (χ0v) is 8.53. The molecule has 0 aliphatic heterocycles. The molecule has 0 bridgehead atoms. The van der Waals surface area contributed by atoms with Gasteiger partial charge in [0, 0.05) is 14.0 Å². The van der Waals surface area contributed by atoms with E-state index >= 15 is 0 Å². The van der Waals surface area contributed by atoms with E-state index in [1.54, 1.807) is 0 Å². The number of rotatable bonds is 6. The van der Waals surface area contributed by atoms with Gasteiger partial charge in [-0.15, -0.1) is 6.42 Å². The Kier molecular flexibility index (Phi) is 6.81. The predicted molar refractivity (Wildman–Crippen MR) is 51.5 cm³/mol. The van der Waals surface area contributed by atoms with Gasteiger partial charge in [-0.3, -0.25) is 4.79 Å². The zero-order valence-electron chi connectivity index (χ0n) is 8.53. The fourth-order valence-electron chi connectivity index (χ4n) is 0.996. The first-order valence-corrected chi connectivity index (χ1v) is 4.40. The van der Waals surface area contributed by atoms with Crippen molar-refractivity contribution in [3.05, 3.63) is 0 Å². The van der Waals surface area contributed by atoms with E-state index in [4.69, 9.17) is 15.9 Å². The molecule has 2 unspecified atom stereocenters. The molecular formula is C10H16O4. The molecule has 0 aromatic carbocycles. The van der Waals surface area contributed by atoms with Crippen molar-refractivity contribution in [2.75, 3.05) is 13.7 Å². The molecule has 0 saturated carbocycles. The molecule has 0 fully saturated rings. The predicted octanol–water partition coefficient (Wildman–Crippen LogP) is 0.339. The Bertz CT molecular complexity index is 207. The number of esters is 1. The van der Waals surface area contributed by atoms with Crippen molar-refractivity contribution < 1.29 is 19.4 Å². The van der Waals surface area contributed by atoms with Crippen LogP contribution in [-0.4, -0.2) is 37.0 Å². The number of aliphatic hydroxyl groups excluding tert-OH is 1. The van der Waals surface area contributed by atoms with Crippen LogP contribution in [0.5, 0.6) is 0 Å². The summed E-state index contributed by atoms with van der Waals surface area (Å²) in [5, 5.41) is 9.29. The van der Waals surface area contributed by atoms with Crippen LogP contribution in [0.15, 0.2) is 0 Å². The molecule has 0 radical (unpaired) electrons. The van der Waals surface area contributed by atoms with Crippen LogP contribution in [0, 0.1) is 12.3 Å². The molecule has 0 spiro atoms. The molecule has 0 heterocycles. The lowest BCUT2D eigenvalue weighted by atomic mass is 10.1. The van der Waals surface area contributed by atoms with E-state index in [1.807, 2.05) is 0 Å². The number of carbonyl (C=O) groups excluding carboxylic acids is 1. The van der Waals surface area contributed by atoms with Crippen molar-refractivity contribution in [3.63, 3.8) is 0 Å². The van der Waals surface area contributed by atoms with Crippen molar-refractivity contribution >= 4 is 5.97 Å². The number of ether oxygens (including phenoxy) is 2. The van der Waals surface area contributed by atoms with Gasteiger partial charge in [0.05, 0.1) is 12.7 Å². The van der Waals surface area contributed by atoms with Crippen molar-refractivity contribution in [1.29, 1.82) is 0 Å². The molecular weight excluding hydrogens is 184 g/mol. The molecule has 80 valence electrons. The van der Waals surface area contributed by atoms with Crippen LogP contribution < -0.4 is 0 Å². The first kappa shape index (κ1) is 12.9. The van der Waals surface area contributed by atoms with E-state index in [1.165, 1.54) is 14.0 Å². The zero-order chi connectivity index (χ0) is 11.0. The van der Waals surface area contributed by atoms with Gasteiger partial charge >= 0.3 is 5.97 Å². The summed E-state index contributed by atoms with van der Waals surface area (Å²) in [5.74, 6) is 1.93. The molecule has 0 aromatic heterocycles. The van der Waals surface area contributed by atoms with Gasteiger partial charge in [0.2, 0.25) is 0 Å². The van der Waals surface area contributed by atoms with Crippen LogP contribution in [0.4, 0.5) is 0 Å². The lowest BCUT2D eigenvalue weighted by Crippen LogP contribution is -2.20. The van der Waals surface area contributed by atoms with Gasteiger partial charge in [0.15, 0.2) is 6.10 Å². The molecule has 0 rings (SSSR count). The van der Waals surface area contributed by atoms with Crippen LogP contribution in [-0.2, 0) is 14.3 Å². The maximum absolute atomic E-state index is 10.6. The molecule has 14 heavy (non-hydrogen) atoms. The number of hydrogen-bond donors (Lipinski definition) is 1. The molecule has 4 heteroatoms. The minimum Gasteiger partial charge on any atom is -0.449 e. The lowest BCUT2D eigenvalue weighted by Gasteiger charge is -2.13. The van der Waals surface area contributed by atoms with Gasteiger partial charge in [-0.1, -0.05) is 5.92 Å². The van der Waals surface area contributed by atoms with Gasteiger partial charge < -0.3 is 14.6 Å². The highest BCUT2D eigenvalue weighted by Gasteiger charge is 2.11. The monoisotopic (exact) mass is 200 g/mol. The molecule has 0 aromatic rings. The molecule has 2 atom stereocenters. The average Bonchev–Trinajstić information content (AvgIpc) is 2.12. The summed E-state index contributed by atoms with van der Waals surface area (Å²) in [6.45, 7) is 1.56. The van der Waals surface area contributed by atoms with Crippen LogP contribution in [0.2, 0.25) is 0 Å². The minimum absolute atomic E-state index is 0.261. The Balaban J connectivity index is 3.73. The summed E-state index contributed by atoms with van der Waals surface area (Å²) in [5.41, 5.74) is 0. The van der Waals surface area contributed by atoms with Crippen LogP contribution in [0.3, 0.4) is 0 Å². The molecule has 0 amide bonds. The Morgan fingerprint density at radius 3 is 2.64 bits per heavy atom. The van der Waals surface area contributed by atoms with E-state index in [0.717, 1.165) is 0 Å². The van der Waals surface area contributed by atoms with E-state index in [-0.39, 0.29) is 6.61 Å². The van der Waals surface area contributed by atoms with E-state index in [9.17, 15) is 9.90 Å². The fraction of sp³-hybridized carbons (Fsp3) is 0.700. The maximum Gasteiger partial charge on any atom is 0.303 e. The largest absolute Gasteiger partial charge is 0.449 e. The topological polar surface area (TPSA) is 55.8 Å². The lowest BCUT2D eigenvalue weighted by molar-refractivity contribution is -0.144. The summed E-state index contributed by atoms with van der Waals surface area (Å²) in [4.78, 5) is 10.6. The summed E-state index contributed by atoms with van der Waals surface area (Å²) < 4.78 is 9.54. The standard InChI is InChI=1S/C10H16O4/c1-4-10(14-8(2)11)6-5-9(12)7-13-3/h1,9-10,12H,5-7H2,2-3H3. The Morgan fingerprint density at radius 2 is 2.21 bits per heavy atom. The van der Waals surface area contributed by atoms with Gasteiger partial charge in [0.1, 0.15) is 0 Å². The second-order valence-corrected chi connectivity index (χ2v) is 2.95. The van der Waals surface area contributed by atoms with Crippen molar-refractivity contribution in [1.82, 2.24) is 0 Å². The number of hydrogen-bond acceptors (Lipinski definition) is 4. The van der Waals surface area contributed by atoms with Crippen LogP contribution in [0.25, 0.3) is 0 Å². The average molecular weight is 200 g/mol. The van der Waals surface area contributed by atoms with E-state index in [2.05, 4.69) is 5.92 Å². The Labute approximate surface area is 84.2 Å². The highest BCUT2D eigenvalue weighted by atomic mass is 16.5. The maximum atomic E-state index is 10.6. The van der Waals surface area contributed by atoms with Crippen LogP contribution >= 0.6 is 0 Å². The third-order valence-electron chi connectivity index (χ3n) is 1.62. The highest BCUT2D eigenvalue weighted by molar-refractivity contribution is 5.66. The quantitative estimate of drug-likeness (QED) is 0.496. The van der Waals surface area contributed by atoms with Crippen molar-refractivity contribution in [2.45, 2.75) is 32.0 Å². The number of aliphatic hydroxyl groups is 1. The summed E-state index contributed by atoms with van der Waals surface area (Å²) in [6.07, 6.45) is 4.92. The minimum atomic E-state index is -0.564. The molecule has 0 aliphatic carbocycles. The van der Waals surface area contributed by atoms with Crippen LogP contribution in [0.1, 0.15) is 19.8 Å². The normalized spacial score (nSPS) is 14.1. The highest BCUT2D eigenvalue weighted by Crippen LogP contribution is 2.05. The number of terminal acetylenes is 1. The Hall–Kier alpha value is -1.05. The third-order valence-corrected chi connectivity index (χ3v) is 1.62. The molecule has 1 N–H and O–H groups in total. The first-order chi connectivity index (χ1) is 6.60. The van der Waals surface area contributed by atoms with Gasteiger partial charge in [0.25, 0.3) is 0 Å². The third kappa shape index (κ3) is 6.46. The van der Waals surface area contributed by atoms with Gasteiger partial charge in [-0.25, -0.2) is 0 Å². The first-order valence-electron chi connectivity index (χ1n) is 4.40. The number of methoxy groups -OCH3 is 1. The van der Waals surface area contributed by atoms with E-state index in [0.29, 0.717) is 12.8 Å². The second kappa shape index (κ2) is 7.36. The fourth-order valence-corrected chi connectivity index (χ4v) is 0.996. The second-order valence-electron chi connectivity index (χ2n) is 2.95. The molecule has 0 aliphatic rings. The summed E-state index contributed by atoms with van der Waals surface area (Å²) in [6, 6.07) is 0. The number of carbonyl (C=O) groups is 1. The summed E-state index contributed by atoms with van der Waals surface area (Å²) in [7, 11) is 1.51. The summed E-state index contributed by atoms with van der Waals surface area (Å²) >= 11 is 0. The van der Waals surface area contributed by atoms with Crippen molar-refractivity contribution in [3.8, 4) is 12.3 Å².